The fourth-order valence-corrected chi connectivity index (χ4v) is 4.49. The molecule has 27 heavy (non-hydrogen) atoms. The summed E-state index contributed by atoms with van der Waals surface area (Å²) in [6.45, 7) is 0.154. The predicted molar refractivity (Wildman–Crippen MR) is 95.9 cm³/mol. The van der Waals surface area contributed by atoms with E-state index in [2.05, 4.69) is 5.32 Å². The van der Waals surface area contributed by atoms with Crippen LogP contribution in [0.3, 0.4) is 0 Å². The van der Waals surface area contributed by atoms with Crippen molar-refractivity contribution in [2.24, 2.45) is 0 Å². The molecular weight excluding hydrogens is 372 g/mol. The number of nitrogens with zero attached hydrogens (tertiary/aromatic N) is 1. The zero-order chi connectivity index (χ0) is 19.4. The van der Waals surface area contributed by atoms with E-state index in [-0.39, 0.29) is 10.9 Å². The number of nitrogens with one attached hydrogen (secondary N) is 1. The minimum atomic E-state index is -3.84. The van der Waals surface area contributed by atoms with E-state index >= 15 is 0 Å². The number of carbonyl (C=O) groups excluding carboxylic acids is 1. The molecular formula is C18H20N2O6S. The Bertz CT molecular complexity index is 914. The monoisotopic (exact) mass is 392 g/mol. The molecule has 0 saturated carbocycles. The third-order valence-electron chi connectivity index (χ3n) is 4.52. The van der Waals surface area contributed by atoms with Gasteiger partial charge in [0, 0.05) is 13.1 Å². The molecule has 144 valence electrons. The molecule has 2 aromatic rings. The Balaban J connectivity index is 1.65. The van der Waals surface area contributed by atoms with E-state index in [9.17, 15) is 18.0 Å². The minimum Gasteiger partial charge on any atom is -0.480 e. The van der Waals surface area contributed by atoms with Gasteiger partial charge in [0.05, 0.1) is 0 Å². The Morgan fingerprint density at radius 3 is 2.41 bits per heavy atom. The fraction of sp³-hybridized carbons (Fsp3) is 0.333. The number of furan rings is 1. The second-order valence-corrected chi connectivity index (χ2v) is 8.15. The molecule has 0 atom stereocenters. The van der Waals surface area contributed by atoms with Crippen molar-refractivity contribution >= 4 is 21.9 Å². The second kappa shape index (κ2) is 7.93. The number of carboxylic acid groups (broad SMARTS) is 1. The van der Waals surface area contributed by atoms with Crippen molar-refractivity contribution in [3.8, 4) is 0 Å². The van der Waals surface area contributed by atoms with Crippen molar-refractivity contribution < 1.29 is 27.5 Å². The van der Waals surface area contributed by atoms with E-state index in [0.29, 0.717) is 31.8 Å². The number of amides is 1. The first-order valence-corrected chi connectivity index (χ1v) is 9.97. The zero-order valence-corrected chi connectivity index (χ0v) is 15.3. The van der Waals surface area contributed by atoms with Gasteiger partial charge in [0.25, 0.3) is 15.9 Å². The van der Waals surface area contributed by atoms with Gasteiger partial charge in [-0.2, -0.15) is 4.31 Å². The van der Waals surface area contributed by atoms with E-state index in [1.807, 2.05) is 30.3 Å². The Labute approximate surface area is 156 Å². The highest BCUT2D eigenvalue weighted by Crippen LogP contribution is 2.30. The number of sulfonamides is 1. The molecule has 3 rings (SSSR count). The lowest BCUT2D eigenvalue weighted by Crippen LogP contribution is -2.37. The third kappa shape index (κ3) is 4.37. The summed E-state index contributed by atoms with van der Waals surface area (Å²) in [5.74, 6) is -1.91. The lowest BCUT2D eigenvalue weighted by Gasteiger charge is -2.30. The topological polar surface area (TPSA) is 117 Å². The fourth-order valence-electron chi connectivity index (χ4n) is 3.11. The lowest BCUT2D eigenvalue weighted by molar-refractivity contribution is -0.135. The van der Waals surface area contributed by atoms with E-state index in [1.54, 1.807) is 0 Å². The summed E-state index contributed by atoms with van der Waals surface area (Å²) in [4.78, 5) is 22.3. The smallest absolute Gasteiger partial charge is 0.322 e. The molecule has 0 spiro atoms. The molecule has 1 aromatic carbocycles. The number of rotatable bonds is 6. The molecule has 1 fully saturated rings. The summed E-state index contributed by atoms with van der Waals surface area (Å²) in [6.07, 6.45) is 1.41. The molecule has 0 unspecified atom stereocenters. The summed E-state index contributed by atoms with van der Waals surface area (Å²) in [7, 11) is -3.84. The molecule has 0 radical (unpaired) electrons. The van der Waals surface area contributed by atoms with Gasteiger partial charge in [-0.3, -0.25) is 9.59 Å². The first-order valence-electron chi connectivity index (χ1n) is 8.53. The summed E-state index contributed by atoms with van der Waals surface area (Å²) in [6, 6.07) is 12.4. The maximum atomic E-state index is 12.7. The number of carbonyl (C=O) groups is 2. The van der Waals surface area contributed by atoms with Gasteiger partial charge < -0.3 is 14.8 Å². The van der Waals surface area contributed by atoms with E-state index in [1.165, 1.54) is 22.0 Å². The van der Waals surface area contributed by atoms with Crippen LogP contribution >= 0.6 is 0 Å². The van der Waals surface area contributed by atoms with E-state index in [4.69, 9.17) is 9.52 Å². The molecule has 8 nitrogen and oxygen atoms in total. The lowest BCUT2D eigenvalue weighted by atomic mass is 9.90. The van der Waals surface area contributed by atoms with Crippen molar-refractivity contribution in [1.29, 1.82) is 0 Å². The van der Waals surface area contributed by atoms with Crippen LogP contribution in [0, 0.1) is 0 Å². The molecule has 1 aliphatic heterocycles. The van der Waals surface area contributed by atoms with Crippen LogP contribution in [0.25, 0.3) is 0 Å². The van der Waals surface area contributed by atoms with Gasteiger partial charge in [-0.1, -0.05) is 30.3 Å². The SMILES string of the molecule is O=C(O)CNC(=O)c1ccc(S(=O)(=O)N2CCC(c3ccccc3)CC2)o1. The number of benzene rings is 1. The van der Waals surface area contributed by atoms with E-state index in [0.717, 1.165) is 0 Å². The molecule has 1 aliphatic rings. The van der Waals surface area contributed by atoms with Gasteiger partial charge in [-0.15, -0.1) is 0 Å². The van der Waals surface area contributed by atoms with Crippen molar-refractivity contribution in [1.82, 2.24) is 9.62 Å². The molecule has 2 N–H and O–H groups in total. The van der Waals surface area contributed by atoms with Crippen LogP contribution in [0.1, 0.15) is 34.9 Å². The van der Waals surface area contributed by atoms with Crippen molar-refractivity contribution in [3.63, 3.8) is 0 Å². The van der Waals surface area contributed by atoms with E-state index < -0.39 is 28.4 Å². The highest BCUT2D eigenvalue weighted by atomic mass is 32.2. The zero-order valence-electron chi connectivity index (χ0n) is 14.5. The molecule has 2 heterocycles. The number of aliphatic carboxylic acids is 1. The van der Waals surface area contributed by atoms with Crippen LogP contribution in [0.5, 0.6) is 0 Å². The number of piperidine rings is 1. The van der Waals surface area contributed by atoms with Crippen LogP contribution in [0.4, 0.5) is 0 Å². The van der Waals surface area contributed by atoms with Gasteiger partial charge in [-0.05, 0) is 36.5 Å². The molecule has 9 heteroatoms. The van der Waals surface area contributed by atoms with Gasteiger partial charge in [0.1, 0.15) is 6.54 Å². The van der Waals surface area contributed by atoms with Gasteiger partial charge >= 0.3 is 5.97 Å². The van der Waals surface area contributed by atoms with Crippen LogP contribution in [0.2, 0.25) is 0 Å². The highest BCUT2D eigenvalue weighted by molar-refractivity contribution is 7.89. The van der Waals surface area contributed by atoms with Crippen LogP contribution in [-0.4, -0.2) is 49.3 Å². The Morgan fingerprint density at radius 2 is 1.78 bits per heavy atom. The Morgan fingerprint density at radius 1 is 1.11 bits per heavy atom. The molecule has 1 amide bonds. The number of hydrogen-bond acceptors (Lipinski definition) is 5. The summed E-state index contributed by atoms with van der Waals surface area (Å²) >= 11 is 0. The maximum Gasteiger partial charge on any atom is 0.322 e. The third-order valence-corrected chi connectivity index (χ3v) is 6.30. The normalized spacial score (nSPS) is 16.1. The van der Waals surface area contributed by atoms with Crippen molar-refractivity contribution in [3.05, 3.63) is 53.8 Å². The summed E-state index contributed by atoms with van der Waals surface area (Å²) < 4.78 is 32.0. The second-order valence-electron chi connectivity index (χ2n) is 6.28. The number of carboxylic acids is 1. The molecule has 1 saturated heterocycles. The van der Waals surface area contributed by atoms with Gasteiger partial charge in [0.2, 0.25) is 5.09 Å². The molecule has 0 aliphatic carbocycles. The molecule has 0 bridgehead atoms. The number of hydrogen-bond donors (Lipinski definition) is 2. The quantitative estimate of drug-likeness (QED) is 0.772. The minimum absolute atomic E-state index is 0.242. The standard InChI is InChI=1S/C18H20N2O6S/c21-16(22)12-19-18(23)15-6-7-17(26-15)27(24,25)20-10-8-14(9-11-20)13-4-2-1-3-5-13/h1-7,14H,8-12H2,(H,19,23)(H,21,22). The summed E-state index contributed by atoms with van der Waals surface area (Å²) in [5, 5.41) is 10.4. The Kier molecular flexibility index (Phi) is 5.62. The van der Waals surface area contributed by atoms with Crippen molar-refractivity contribution in [2.75, 3.05) is 19.6 Å². The van der Waals surface area contributed by atoms with Gasteiger partial charge in [0.15, 0.2) is 5.76 Å². The highest BCUT2D eigenvalue weighted by Gasteiger charge is 2.32. The summed E-state index contributed by atoms with van der Waals surface area (Å²) in [5.41, 5.74) is 1.20. The average molecular weight is 392 g/mol. The van der Waals surface area contributed by atoms with Crippen LogP contribution < -0.4 is 5.32 Å². The van der Waals surface area contributed by atoms with Crippen LogP contribution in [-0.2, 0) is 14.8 Å². The first-order chi connectivity index (χ1) is 12.9. The average Bonchev–Trinajstić information content (AvgIpc) is 3.18. The largest absolute Gasteiger partial charge is 0.480 e. The van der Waals surface area contributed by atoms with Crippen molar-refractivity contribution in [2.45, 2.75) is 23.9 Å². The first kappa shape index (κ1) is 19.1. The van der Waals surface area contributed by atoms with Gasteiger partial charge in [-0.25, -0.2) is 8.42 Å². The predicted octanol–water partition coefficient (Wildman–Crippen LogP) is 1.66. The van der Waals surface area contributed by atoms with Crippen LogP contribution in [0.15, 0.2) is 52.0 Å². The maximum absolute atomic E-state index is 12.7. The molecule has 1 aromatic heterocycles. The Hall–Kier alpha value is -2.65.